The summed E-state index contributed by atoms with van der Waals surface area (Å²) in [4.78, 5) is 17.0. The molecule has 2 aromatic heterocycles. The van der Waals surface area contributed by atoms with Crippen molar-refractivity contribution in [1.29, 1.82) is 4.78 Å². The molecule has 2 amide bonds. The smallest absolute Gasteiger partial charge is 0.332 e. The number of methoxy groups -OCH3 is 1. The van der Waals surface area contributed by atoms with Gasteiger partial charge in [0.2, 0.25) is 5.88 Å². The molecule has 168 valence electrons. The molecule has 3 N–H and O–H groups in total. The van der Waals surface area contributed by atoms with Crippen LogP contribution in [0.4, 0.5) is 10.5 Å². The Morgan fingerprint density at radius 1 is 1.25 bits per heavy atom. The summed E-state index contributed by atoms with van der Waals surface area (Å²) in [6, 6.07) is 8.49. The summed E-state index contributed by atoms with van der Waals surface area (Å²) in [5.74, 6) is 0.466. The Kier molecular flexibility index (Phi) is 5.88. The number of pyridine rings is 1. The highest BCUT2D eigenvalue weighted by Crippen LogP contribution is 2.38. The molecule has 0 saturated heterocycles. The molecule has 2 heterocycles. The normalized spacial score (nSPS) is 14.6. The molecule has 0 spiro atoms. The maximum Gasteiger partial charge on any atom is 0.332 e. The van der Waals surface area contributed by atoms with E-state index in [1.807, 2.05) is 26.0 Å². The molecule has 0 aliphatic heterocycles. The van der Waals surface area contributed by atoms with E-state index in [-0.39, 0.29) is 11.1 Å². The first-order valence-electron chi connectivity index (χ1n) is 10.4. The van der Waals surface area contributed by atoms with Crippen LogP contribution < -0.4 is 14.8 Å². The summed E-state index contributed by atoms with van der Waals surface area (Å²) >= 11 is 0. The Hall–Kier alpha value is -3.40. The second-order valence-electron chi connectivity index (χ2n) is 7.91. The number of ether oxygens (including phenoxy) is 1. The number of fused-ring (bicyclic) bond motifs is 1. The second kappa shape index (κ2) is 8.62. The van der Waals surface area contributed by atoms with E-state index in [0.717, 1.165) is 36.0 Å². The molecule has 0 saturated carbocycles. The zero-order valence-electron chi connectivity index (χ0n) is 18.2. The van der Waals surface area contributed by atoms with E-state index in [2.05, 4.69) is 26.2 Å². The third-order valence-corrected chi connectivity index (χ3v) is 6.70. The molecule has 1 aromatic carbocycles. The molecule has 1 unspecified atom stereocenters. The Morgan fingerprint density at radius 3 is 2.78 bits per heavy atom. The Morgan fingerprint density at radius 2 is 2.06 bits per heavy atom. The molecule has 32 heavy (non-hydrogen) atoms. The lowest BCUT2D eigenvalue weighted by Gasteiger charge is -2.17. The Labute approximate surface area is 187 Å². The van der Waals surface area contributed by atoms with E-state index >= 15 is 0 Å². The number of carbonyl (C=O) groups is 1. The summed E-state index contributed by atoms with van der Waals surface area (Å²) < 4.78 is 30.2. The number of amides is 2. The number of rotatable bonds is 6. The molecular weight excluding hydrogens is 428 g/mol. The number of anilines is 1. The van der Waals surface area contributed by atoms with Crippen molar-refractivity contribution in [3.63, 3.8) is 0 Å². The van der Waals surface area contributed by atoms with Gasteiger partial charge in [-0.1, -0.05) is 12.1 Å². The van der Waals surface area contributed by atoms with Crippen molar-refractivity contribution in [2.24, 2.45) is 0 Å². The van der Waals surface area contributed by atoms with Crippen molar-refractivity contribution >= 4 is 21.6 Å². The topological polar surface area (TPSA) is 122 Å². The van der Waals surface area contributed by atoms with Gasteiger partial charge in [0.15, 0.2) is 14.9 Å². The van der Waals surface area contributed by atoms with Crippen LogP contribution in [-0.2, 0) is 22.8 Å². The molecular formula is C22H26N6O3S. The van der Waals surface area contributed by atoms with Crippen LogP contribution in [0.3, 0.4) is 0 Å². The van der Waals surface area contributed by atoms with Crippen LogP contribution in [0, 0.1) is 4.78 Å². The average Bonchev–Trinajstić information content (AvgIpc) is 3.44. The van der Waals surface area contributed by atoms with Gasteiger partial charge < -0.3 is 10.1 Å². The average molecular weight is 455 g/mol. The highest BCUT2D eigenvalue weighted by atomic mass is 32.2. The molecule has 1 aliphatic carbocycles. The van der Waals surface area contributed by atoms with Crippen LogP contribution in [-0.4, -0.2) is 32.1 Å². The number of urea groups is 1. The Bertz CT molecular complexity index is 1270. The molecule has 4 rings (SSSR count). The van der Waals surface area contributed by atoms with Crippen LogP contribution in [0.25, 0.3) is 11.1 Å². The van der Waals surface area contributed by atoms with Gasteiger partial charge in [0.1, 0.15) is 0 Å². The van der Waals surface area contributed by atoms with Gasteiger partial charge in [0.05, 0.1) is 12.8 Å². The number of hydrogen-bond acceptors (Lipinski definition) is 6. The highest BCUT2D eigenvalue weighted by molar-refractivity contribution is 7.91. The summed E-state index contributed by atoms with van der Waals surface area (Å²) in [5, 5.41) is 7.04. The lowest BCUT2D eigenvalue weighted by atomic mass is 9.98. The molecule has 10 heteroatoms. The van der Waals surface area contributed by atoms with E-state index in [4.69, 9.17) is 9.52 Å². The van der Waals surface area contributed by atoms with Crippen LogP contribution in [0.5, 0.6) is 5.88 Å². The first-order chi connectivity index (χ1) is 15.3. The van der Waals surface area contributed by atoms with Crippen LogP contribution >= 0.6 is 0 Å². The fourth-order valence-corrected chi connectivity index (χ4v) is 4.70. The number of aromatic nitrogens is 3. The molecule has 3 aromatic rings. The highest BCUT2D eigenvalue weighted by Gasteiger charge is 2.23. The van der Waals surface area contributed by atoms with Gasteiger partial charge in [-0.25, -0.2) is 23.5 Å². The van der Waals surface area contributed by atoms with Crippen molar-refractivity contribution in [3.8, 4) is 17.0 Å². The van der Waals surface area contributed by atoms with Crippen molar-refractivity contribution < 1.29 is 13.7 Å². The number of hydrogen-bond donors (Lipinski definition) is 3. The van der Waals surface area contributed by atoms with Crippen molar-refractivity contribution in [3.05, 3.63) is 53.9 Å². The van der Waals surface area contributed by atoms with Gasteiger partial charge in [-0.2, -0.15) is 5.10 Å². The van der Waals surface area contributed by atoms with Gasteiger partial charge >= 0.3 is 6.03 Å². The minimum atomic E-state index is -3.62. The SMILES string of the molecule is COc1cc(-c2ccc3c(c2NC(=O)NS(=N)(=O)c2ccn(C(C)C)n2)CCC3)ccn1. The van der Waals surface area contributed by atoms with Crippen molar-refractivity contribution in [1.82, 2.24) is 19.5 Å². The number of nitrogens with zero attached hydrogens (tertiary/aromatic N) is 3. The predicted octanol–water partition coefficient (Wildman–Crippen LogP) is 4.17. The lowest BCUT2D eigenvalue weighted by Crippen LogP contribution is -2.34. The summed E-state index contributed by atoms with van der Waals surface area (Å²) in [5.41, 5.74) is 4.52. The van der Waals surface area contributed by atoms with Crippen LogP contribution in [0.1, 0.15) is 37.4 Å². The first kappa shape index (κ1) is 21.8. The minimum absolute atomic E-state index is 0.0127. The zero-order valence-corrected chi connectivity index (χ0v) is 19.0. The number of carbonyl (C=O) groups excluding carboxylic acids is 1. The van der Waals surface area contributed by atoms with Gasteiger partial charge in [-0.15, -0.1) is 0 Å². The van der Waals surface area contributed by atoms with E-state index in [0.29, 0.717) is 11.6 Å². The summed E-state index contributed by atoms with van der Waals surface area (Å²) in [7, 11) is -2.07. The third kappa shape index (κ3) is 4.31. The Balaban J connectivity index is 1.64. The quantitative estimate of drug-likeness (QED) is 0.516. The maximum absolute atomic E-state index is 12.9. The lowest BCUT2D eigenvalue weighted by molar-refractivity contribution is 0.256. The molecule has 0 fully saturated rings. The first-order valence-corrected chi connectivity index (χ1v) is 11.9. The van der Waals surface area contributed by atoms with Crippen molar-refractivity contribution in [2.75, 3.05) is 12.4 Å². The fourth-order valence-electron chi connectivity index (χ4n) is 3.82. The monoisotopic (exact) mass is 454 g/mol. The predicted molar refractivity (Wildman–Crippen MR) is 122 cm³/mol. The van der Waals surface area contributed by atoms with Gasteiger partial charge in [-0.05, 0) is 61.9 Å². The zero-order chi connectivity index (χ0) is 22.9. The van der Waals surface area contributed by atoms with Gasteiger partial charge in [-0.3, -0.25) is 4.68 Å². The van der Waals surface area contributed by atoms with E-state index in [1.165, 1.54) is 11.6 Å². The van der Waals surface area contributed by atoms with E-state index in [9.17, 15) is 9.00 Å². The summed E-state index contributed by atoms with van der Waals surface area (Å²) in [6.45, 7) is 3.85. The molecule has 9 nitrogen and oxygen atoms in total. The standard InChI is InChI=1S/C22H26N6O3S/c1-14(2)28-12-10-20(26-28)32(23,30)27-22(29)25-21-17-6-4-5-15(17)7-8-18(21)16-9-11-24-19(13-16)31-3/h7-14H,4-6H2,1-3H3,(H3,23,25,27,29,30). The van der Waals surface area contributed by atoms with E-state index < -0.39 is 15.9 Å². The molecule has 1 atom stereocenters. The maximum atomic E-state index is 12.9. The van der Waals surface area contributed by atoms with Crippen molar-refractivity contribution in [2.45, 2.75) is 44.2 Å². The second-order valence-corrected chi connectivity index (χ2v) is 9.64. The van der Waals surface area contributed by atoms with Gasteiger partial charge in [0, 0.05) is 30.1 Å². The fraction of sp³-hybridized carbons (Fsp3) is 0.318. The van der Waals surface area contributed by atoms with E-state index in [1.54, 1.807) is 30.3 Å². The largest absolute Gasteiger partial charge is 0.481 e. The van der Waals surface area contributed by atoms with Crippen LogP contribution in [0.15, 0.2) is 47.8 Å². The summed E-state index contributed by atoms with van der Waals surface area (Å²) in [6.07, 6.45) is 6.06. The molecule has 0 radical (unpaired) electrons. The third-order valence-electron chi connectivity index (χ3n) is 5.42. The molecule has 0 bridgehead atoms. The van der Waals surface area contributed by atoms with Crippen LogP contribution in [0.2, 0.25) is 0 Å². The number of aryl methyl sites for hydroxylation is 1. The number of nitrogens with one attached hydrogen (secondary N) is 3. The minimum Gasteiger partial charge on any atom is -0.481 e. The molecule has 1 aliphatic rings. The van der Waals surface area contributed by atoms with Gasteiger partial charge in [0.25, 0.3) is 0 Å². The number of benzene rings is 1.